The molecule has 0 saturated carbocycles. The maximum Gasteiger partial charge on any atom is 0.154 e. The highest BCUT2D eigenvalue weighted by Crippen LogP contribution is 2.49. The average Bonchev–Trinajstić information content (AvgIpc) is 3.49. The maximum atomic E-state index is 7.07. The van der Waals surface area contributed by atoms with Crippen LogP contribution in [0.1, 0.15) is 35.1 Å². The smallest absolute Gasteiger partial charge is 0.154 e. The van der Waals surface area contributed by atoms with Gasteiger partial charge in [-0.1, -0.05) is 115 Å². The maximum absolute atomic E-state index is 7.07. The van der Waals surface area contributed by atoms with E-state index in [1.807, 2.05) is 24.3 Å². The Morgan fingerprint density at radius 3 is 2.27 bits per heavy atom. The molecule has 0 spiro atoms. The monoisotopic (exact) mass is 663 g/mol. The van der Waals surface area contributed by atoms with E-state index in [-0.39, 0.29) is 0 Å². The highest BCUT2D eigenvalue weighted by molar-refractivity contribution is 6.13. The van der Waals surface area contributed by atoms with Gasteiger partial charge in [0.2, 0.25) is 0 Å². The number of allylic oxidation sites excluding steroid dienone is 3. The van der Waals surface area contributed by atoms with Gasteiger partial charge in [0.25, 0.3) is 0 Å². The molecule has 3 heterocycles. The normalized spacial score (nSPS) is 15.6. The average molecular weight is 664 g/mol. The Morgan fingerprint density at radius 2 is 1.45 bits per heavy atom. The topological polar surface area (TPSA) is 88.2 Å². The molecular formula is C44H37N7. The Bertz CT molecular complexity index is 2450. The van der Waals surface area contributed by atoms with Crippen molar-refractivity contribution in [1.82, 2.24) is 9.47 Å². The number of hydrogen-bond donors (Lipinski definition) is 2. The fourth-order valence-electron chi connectivity index (χ4n) is 7.46. The summed E-state index contributed by atoms with van der Waals surface area (Å²) in [7, 11) is 0. The molecule has 3 aliphatic rings. The van der Waals surface area contributed by atoms with Crippen molar-refractivity contribution in [3.05, 3.63) is 180 Å². The van der Waals surface area contributed by atoms with E-state index in [2.05, 4.69) is 142 Å². The van der Waals surface area contributed by atoms with Gasteiger partial charge < -0.3 is 16.4 Å². The second kappa shape index (κ2) is 12.7. The van der Waals surface area contributed by atoms with E-state index in [1.54, 1.807) is 0 Å². The molecule has 0 amide bonds. The van der Waals surface area contributed by atoms with Gasteiger partial charge in [-0.15, -0.1) is 0 Å². The zero-order valence-corrected chi connectivity index (χ0v) is 28.2. The minimum Gasteiger partial charge on any atom is -0.396 e. The second-order valence-electron chi connectivity index (χ2n) is 13.0. The number of aromatic nitrogens is 1. The molecule has 0 fully saturated rings. The molecule has 6 aromatic rings. The lowest BCUT2D eigenvalue weighted by atomic mass is 10.0. The van der Waals surface area contributed by atoms with Crippen molar-refractivity contribution in [1.29, 1.82) is 0 Å². The highest BCUT2D eigenvalue weighted by atomic mass is 15.3. The number of nitrogens with two attached hydrogens (primary N) is 2. The Balaban J connectivity index is 1.19. The number of rotatable bonds is 6. The van der Waals surface area contributed by atoms with Gasteiger partial charge in [-0.2, -0.15) is 0 Å². The molecule has 0 radical (unpaired) electrons. The predicted octanol–water partition coefficient (Wildman–Crippen LogP) is 9.05. The summed E-state index contributed by atoms with van der Waals surface area (Å²) >= 11 is 0. The zero-order valence-electron chi connectivity index (χ0n) is 28.2. The van der Waals surface area contributed by atoms with Gasteiger partial charge in [-0.05, 0) is 60.4 Å². The molecule has 0 unspecified atom stereocenters. The Kier molecular flexibility index (Phi) is 7.58. The molecular weight excluding hydrogens is 627 g/mol. The van der Waals surface area contributed by atoms with Crippen molar-refractivity contribution >= 4 is 51.2 Å². The van der Waals surface area contributed by atoms with Crippen LogP contribution in [0.3, 0.4) is 0 Å². The van der Waals surface area contributed by atoms with Crippen LogP contribution in [-0.4, -0.2) is 27.8 Å². The Hall–Kier alpha value is -6.60. The van der Waals surface area contributed by atoms with E-state index in [0.29, 0.717) is 24.6 Å². The summed E-state index contributed by atoms with van der Waals surface area (Å²) in [6.07, 6.45) is 8.41. The van der Waals surface area contributed by atoms with Gasteiger partial charge >= 0.3 is 0 Å². The third-order valence-electron chi connectivity index (χ3n) is 9.85. The Labute approximate surface area is 297 Å². The molecule has 7 nitrogen and oxygen atoms in total. The van der Waals surface area contributed by atoms with Crippen LogP contribution in [0.25, 0.3) is 28.0 Å². The molecule has 7 heteroatoms. The number of hydrogen-bond acceptors (Lipinski definition) is 6. The van der Waals surface area contributed by atoms with Gasteiger partial charge in [0.15, 0.2) is 5.84 Å². The number of fused-ring (bicyclic) bond motifs is 4. The molecule has 2 aliphatic heterocycles. The molecule has 248 valence electrons. The minimum absolute atomic E-state index is 0.523. The fourth-order valence-corrected chi connectivity index (χ4v) is 7.46. The summed E-state index contributed by atoms with van der Waals surface area (Å²) in [5.74, 6) is 2.70. The van der Waals surface area contributed by atoms with Crippen LogP contribution in [-0.2, 0) is 6.54 Å². The van der Waals surface area contributed by atoms with Gasteiger partial charge in [-0.25, -0.2) is 9.98 Å². The van der Waals surface area contributed by atoms with Crippen molar-refractivity contribution in [2.45, 2.75) is 19.4 Å². The van der Waals surface area contributed by atoms with Crippen LogP contribution in [0, 0.1) is 0 Å². The van der Waals surface area contributed by atoms with E-state index in [4.69, 9.17) is 21.5 Å². The first-order chi connectivity index (χ1) is 25.2. The largest absolute Gasteiger partial charge is 0.396 e. The first-order valence-electron chi connectivity index (χ1n) is 17.4. The fraction of sp³-hybridized carbons (Fsp3) is 0.0909. The summed E-state index contributed by atoms with van der Waals surface area (Å²) in [4.78, 5) is 14.7. The first kappa shape index (κ1) is 30.5. The standard InChI is InChI=1S/C44H37N7/c45-40-36-24-11-13-26-38(36)50(33-20-8-3-9-21-33)44-39(41(40)46)35-23-10-12-25-37(35)51(44)34-22-14-15-30(27-34)28-49-29-47-42(31-16-4-1-5-17-31)48-43(49)32-18-6-2-7-19-32/h1-4,6-16,18-27H,5,17,28-29,45-46H2. The van der Waals surface area contributed by atoms with Crippen LogP contribution in [0.5, 0.6) is 0 Å². The third-order valence-corrected chi connectivity index (χ3v) is 9.85. The van der Waals surface area contributed by atoms with Gasteiger partial charge in [0.05, 0.1) is 28.2 Å². The number of nitrogens with zero attached hydrogens (tertiary/aromatic N) is 5. The van der Waals surface area contributed by atoms with E-state index in [9.17, 15) is 0 Å². The number of benzene rings is 5. The molecule has 0 saturated heterocycles. The summed E-state index contributed by atoms with van der Waals surface area (Å²) in [6, 6.07) is 46.3. The minimum atomic E-state index is 0.523. The lowest BCUT2D eigenvalue weighted by molar-refractivity contribution is 0.422. The van der Waals surface area contributed by atoms with Crippen molar-refractivity contribution in [3.63, 3.8) is 0 Å². The highest BCUT2D eigenvalue weighted by Gasteiger charge is 2.32. The summed E-state index contributed by atoms with van der Waals surface area (Å²) in [5, 5.41) is 1.04. The molecule has 0 atom stereocenters. The lowest BCUT2D eigenvalue weighted by Gasteiger charge is -2.30. The van der Waals surface area contributed by atoms with Crippen LogP contribution in [0.2, 0.25) is 0 Å². The van der Waals surface area contributed by atoms with Crippen molar-refractivity contribution in [2.75, 3.05) is 11.6 Å². The number of para-hydroxylation sites is 3. The molecule has 4 N–H and O–H groups in total. The summed E-state index contributed by atoms with van der Waals surface area (Å²) in [5.41, 5.74) is 24.4. The first-order valence-corrected chi connectivity index (χ1v) is 17.4. The van der Waals surface area contributed by atoms with Crippen molar-refractivity contribution < 1.29 is 0 Å². The van der Waals surface area contributed by atoms with Crippen LogP contribution < -0.4 is 16.4 Å². The van der Waals surface area contributed by atoms with Crippen molar-refractivity contribution in [2.24, 2.45) is 21.5 Å². The number of amidine groups is 2. The van der Waals surface area contributed by atoms with Gasteiger partial charge in [0, 0.05) is 34.4 Å². The second-order valence-corrected chi connectivity index (χ2v) is 13.0. The van der Waals surface area contributed by atoms with Gasteiger partial charge in [0.1, 0.15) is 18.3 Å². The zero-order chi connectivity index (χ0) is 34.3. The predicted molar refractivity (Wildman–Crippen MR) is 210 cm³/mol. The SMILES string of the molecule is NC1=C(N)c2c(n(-c3cccc(CN4CN=C(C5=CC=CCC5)N=C4c4ccccc4)c3)c3ccccc23)N(c2ccccc2)c2ccccc21. The quantitative estimate of drug-likeness (QED) is 0.186. The number of aliphatic imine (C=N–C) groups is 2. The van der Waals surface area contributed by atoms with Crippen molar-refractivity contribution in [3.8, 4) is 5.69 Å². The molecule has 1 aromatic heterocycles. The lowest BCUT2D eigenvalue weighted by Crippen LogP contribution is -2.36. The van der Waals surface area contributed by atoms with Crippen LogP contribution in [0.15, 0.2) is 167 Å². The molecule has 51 heavy (non-hydrogen) atoms. The summed E-state index contributed by atoms with van der Waals surface area (Å²) < 4.78 is 2.32. The van der Waals surface area contributed by atoms with Crippen LogP contribution >= 0.6 is 0 Å². The third kappa shape index (κ3) is 5.31. The molecule has 1 aliphatic carbocycles. The summed E-state index contributed by atoms with van der Waals surface area (Å²) in [6.45, 7) is 1.16. The van der Waals surface area contributed by atoms with Gasteiger partial charge in [-0.3, -0.25) is 9.47 Å². The van der Waals surface area contributed by atoms with E-state index >= 15 is 0 Å². The molecule has 5 aromatic carbocycles. The Morgan fingerprint density at radius 1 is 0.706 bits per heavy atom. The molecule has 0 bridgehead atoms. The van der Waals surface area contributed by atoms with E-state index in [0.717, 1.165) is 80.5 Å². The number of anilines is 3. The molecule has 9 rings (SSSR count). The van der Waals surface area contributed by atoms with E-state index in [1.165, 1.54) is 5.57 Å². The van der Waals surface area contributed by atoms with E-state index < -0.39 is 0 Å². The van der Waals surface area contributed by atoms with Crippen LogP contribution in [0.4, 0.5) is 17.2 Å².